The van der Waals surface area contributed by atoms with E-state index in [0.29, 0.717) is 30.1 Å². The maximum Gasteiger partial charge on any atom is 0.333 e. The number of rotatable bonds is 2. The first kappa shape index (κ1) is 14.3. The molecule has 4 atom stereocenters. The molecule has 0 spiro atoms. The topological polar surface area (TPSA) is 43.4 Å². The van der Waals surface area contributed by atoms with Gasteiger partial charge >= 0.3 is 5.97 Å². The molecule has 2 aliphatic rings. The maximum atomic E-state index is 11.9. The van der Waals surface area contributed by atoms with Crippen molar-refractivity contribution < 1.29 is 14.3 Å². The first-order valence-electron chi connectivity index (χ1n) is 7.24. The van der Waals surface area contributed by atoms with Gasteiger partial charge in [0.25, 0.3) is 0 Å². The lowest BCUT2D eigenvalue weighted by molar-refractivity contribution is -0.154. The summed E-state index contributed by atoms with van der Waals surface area (Å²) in [5.74, 6) is 0.827. The van der Waals surface area contributed by atoms with Gasteiger partial charge in [-0.25, -0.2) is 4.79 Å². The van der Waals surface area contributed by atoms with Crippen LogP contribution in [0.4, 0.5) is 0 Å². The highest BCUT2D eigenvalue weighted by atomic mass is 16.5. The molecule has 0 bridgehead atoms. The average molecular weight is 264 g/mol. The lowest BCUT2D eigenvalue weighted by Crippen LogP contribution is -2.43. The molecule has 0 radical (unpaired) electrons. The molecule has 0 saturated heterocycles. The van der Waals surface area contributed by atoms with Crippen LogP contribution in [0.5, 0.6) is 0 Å². The van der Waals surface area contributed by atoms with Crippen molar-refractivity contribution in [3.8, 4) is 0 Å². The van der Waals surface area contributed by atoms with E-state index in [4.69, 9.17) is 4.74 Å². The first-order chi connectivity index (χ1) is 8.88. The van der Waals surface area contributed by atoms with Crippen molar-refractivity contribution in [2.75, 3.05) is 0 Å². The molecule has 0 aromatic heterocycles. The highest BCUT2D eigenvalue weighted by Gasteiger charge is 2.53. The quantitative estimate of drug-likeness (QED) is 0.568. The van der Waals surface area contributed by atoms with Crippen molar-refractivity contribution in [2.24, 2.45) is 17.3 Å². The van der Waals surface area contributed by atoms with E-state index in [1.54, 1.807) is 13.0 Å². The molecule has 4 unspecified atom stereocenters. The molecule has 2 fully saturated rings. The Morgan fingerprint density at radius 1 is 1.42 bits per heavy atom. The van der Waals surface area contributed by atoms with Crippen LogP contribution in [0.25, 0.3) is 0 Å². The lowest BCUT2D eigenvalue weighted by atomic mass is 9.62. The second-order valence-electron chi connectivity index (χ2n) is 6.43. The van der Waals surface area contributed by atoms with Gasteiger partial charge in [0.05, 0.1) is 0 Å². The second-order valence-corrected chi connectivity index (χ2v) is 6.43. The number of hydrogen-bond donors (Lipinski definition) is 0. The zero-order chi connectivity index (χ0) is 14.2. The molecule has 3 heteroatoms. The Bertz CT molecular complexity index is 424. The van der Waals surface area contributed by atoms with Gasteiger partial charge in [0, 0.05) is 24.3 Å². The van der Waals surface area contributed by atoms with Crippen LogP contribution in [0.15, 0.2) is 11.6 Å². The van der Waals surface area contributed by atoms with Gasteiger partial charge in [-0.15, -0.1) is 0 Å². The van der Waals surface area contributed by atoms with Gasteiger partial charge in [-0.1, -0.05) is 19.9 Å². The van der Waals surface area contributed by atoms with E-state index in [1.165, 1.54) is 0 Å². The highest BCUT2D eigenvalue weighted by molar-refractivity contribution is 5.88. The van der Waals surface area contributed by atoms with Gasteiger partial charge in [0.15, 0.2) is 0 Å². The Balaban J connectivity index is 2.15. The summed E-state index contributed by atoms with van der Waals surface area (Å²) >= 11 is 0. The van der Waals surface area contributed by atoms with Gasteiger partial charge < -0.3 is 4.74 Å². The summed E-state index contributed by atoms with van der Waals surface area (Å²) in [5.41, 5.74) is 0.661. The fraction of sp³-hybridized carbons (Fsp3) is 0.750. The van der Waals surface area contributed by atoms with Gasteiger partial charge in [0.1, 0.15) is 11.9 Å². The summed E-state index contributed by atoms with van der Waals surface area (Å²) < 4.78 is 5.66. The molecule has 3 nitrogen and oxygen atoms in total. The van der Waals surface area contributed by atoms with Crippen LogP contribution >= 0.6 is 0 Å². The van der Waals surface area contributed by atoms with Crippen molar-refractivity contribution in [1.82, 2.24) is 0 Å². The Labute approximate surface area is 115 Å². The smallest absolute Gasteiger partial charge is 0.333 e. The minimum absolute atomic E-state index is 0.0180. The largest absolute Gasteiger partial charge is 0.459 e. The molecule has 0 aromatic rings. The van der Waals surface area contributed by atoms with Crippen molar-refractivity contribution in [3.05, 3.63) is 11.6 Å². The standard InChI is InChI=1S/C16H24O3/c1-5-10(2)15(18)19-14-7-6-11(3)16(4)9-12(17)8-13(14)16/h5,11,13-14H,6-9H2,1-4H3. The van der Waals surface area contributed by atoms with E-state index in [9.17, 15) is 9.59 Å². The number of allylic oxidation sites excluding steroid dienone is 1. The van der Waals surface area contributed by atoms with E-state index in [1.807, 2.05) is 6.92 Å². The molecule has 2 aliphatic carbocycles. The minimum Gasteiger partial charge on any atom is -0.459 e. The van der Waals surface area contributed by atoms with Crippen molar-refractivity contribution in [1.29, 1.82) is 0 Å². The number of hydrogen-bond acceptors (Lipinski definition) is 3. The van der Waals surface area contributed by atoms with Crippen LogP contribution in [0.1, 0.15) is 53.4 Å². The number of carbonyl (C=O) groups is 2. The number of Topliss-reactive ketones (excluding diaryl/α,β-unsaturated/α-hetero) is 1. The van der Waals surface area contributed by atoms with E-state index in [-0.39, 0.29) is 23.4 Å². The predicted molar refractivity (Wildman–Crippen MR) is 73.5 cm³/mol. The molecule has 0 aliphatic heterocycles. The molecule has 0 heterocycles. The van der Waals surface area contributed by atoms with Gasteiger partial charge in [-0.2, -0.15) is 0 Å². The Kier molecular flexibility index (Phi) is 3.84. The summed E-state index contributed by atoms with van der Waals surface area (Å²) in [6.45, 7) is 8.02. The molecule has 0 amide bonds. The fourth-order valence-electron chi connectivity index (χ4n) is 3.64. The monoisotopic (exact) mass is 264 g/mol. The van der Waals surface area contributed by atoms with Crippen LogP contribution in [0, 0.1) is 17.3 Å². The van der Waals surface area contributed by atoms with E-state index < -0.39 is 0 Å². The predicted octanol–water partition coefficient (Wildman–Crippen LogP) is 3.28. The van der Waals surface area contributed by atoms with Crippen LogP contribution < -0.4 is 0 Å². The molecular formula is C16H24O3. The van der Waals surface area contributed by atoms with Crippen LogP contribution in [0.3, 0.4) is 0 Å². The summed E-state index contributed by atoms with van der Waals surface area (Å²) in [5, 5.41) is 0. The summed E-state index contributed by atoms with van der Waals surface area (Å²) in [7, 11) is 0. The number of ketones is 1. The average Bonchev–Trinajstić information content (AvgIpc) is 2.69. The van der Waals surface area contributed by atoms with Crippen LogP contribution in [-0.2, 0) is 14.3 Å². The highest BCUT2D eigenvalue weighted by Crippen LogP contribution is 2.54. The zero-order valence-electron chi connectivity index (χ0n) is 12.4. The van der Waals surface area contributed by atoms with Crippen molar-refractivity contribution in [2.45, 2.75) is 59.5 Å². The third-order valence-electron chi connectivity index (χ3n) is 5.34. The third-order valence-corrected chi connectivity index (χ3v) is 5.34. The van der Waals surface area contributed by atoms with E-state index in [0.717, 1.165) is 12.8 Å². The number of carbonyl (C=O) groups excluding carboxylic acids is 2. The molecule has 0 N–H and O–H groups in total. The van der Waals surface area contributed by atoms with Crippen LogP contribution in [-0.4, -0.2) is 17.9 Å². The summed E-state index contributed by atoms with van der Waals surface area (Å²) in [6.07, 6.45) is 4.83. The summed E-state index contributed by atoms with van der Waals surface area (Å²) in [4.78, 5) is 23.8. The number of fused-ring (bicyclic) bond motifs is 1. The fourth-order valence-corrected chi connectivity index (χ4v) is 3.64. The first-order valence-corrected chi connectivity index (χ1v) is 7.24. The van der Waals surface area contributed by atoms with E-state index in [2.05, 4.69) is 13.8 Å². The molecule has 0 aromatic carbocycles. The Morgan fingerprint density at radius 2 is 2.11 bits per heavy atom. The Morgan fingerprint density at radius 3 is 2.74 bits per heavy atom. The minimum atomic E-state index is -0.233. The normalized spacial score (nSPS) is 39.1. The van der Waals surface area contributed by atoms with Gasteiger partial charge in [0.2, 0.25) is 0 Å². The van der Waals surface area contributed by atoms with Crippen LogP contribution in [0.2, 0.25) is 0 Å². The molecule has 2 saturated carbocycles. The lowest BCUT2D eigenvalue weighted by Gasteiger charge is -2.45. The second kappa shape index (κ2) is 5.10. The molecule has 19 heavy (non-hydrogen) atoms. The van der Waals surface area contributed by atoms with Crippen molar-refractivity contribution in [3.63, 3.8) is 0 Å². The number of esters is 1. The van der Waals surface area contributed by atoms with Gasteiger partial charge in [-0.3, -0.25) is 4.79 Å². The maximum absolute atomic E-state index is 11.9. The zero-order valence-corrected chi connectivity index (χ0v) is 12.4. The van der Waals surface area contributed by atoms with Crippen molar-refractivity contribution >= 4 is 11.8 Å². The van der Waals surface area contributed by atoms with E-state index >= 15 is 0 Å². The molecule has 106 valence electrons. The third kappa shape index (κ3) is 2.47. The van der Waals surface area contributed by atoms with Gasteiger partial charge in [-0.05, 0) is 38.0 Å². The SMILES string of the molecule is CC=C(C)C(=O)OC1CCC(C)C2(C)CC(=O)CC12. The molecular weight excluding hydrogens is 240 g/mol. The Hall–Kier alpha value is -1.12. The molecule has 2 rings (SSSR count). The summed E-state index contributed by atoms with van der Waals surface area (Å²) in [6, 6.07) is 0. The number of ether oxygens (including phenoxy) is 1.